The third-order valence-electron chi connectivity index (χ3n) is 4.93. The van der Waals surface area contributed by atoms with E-state index in [4.69, 9.17) is 4.74 Å². The number of carbonyl (C=O) groups is 2. The molecule has 0 bridgehead atoms. The molecule has 1 amide bonds. The number of thiophene rings is 1. The molecule has 4 nitrogen and oxygen atoms in total. The molecule has 0 radical (unpaired) electrons. The highest BCUT2D eigenvalue weighted by Gasteiger charge is 2.18. The molecule has 3 aromatic rings. The Morgan fingerprint density at radius 3 is 2.52 bits per heavy atom. The SMILES string of the molecule is CC[C@H](C)c1ccccc1NC(=O)COC(=O)c1sccc1-c1ccc(C)cc1. The average Bonchev–Trinajstić information content (AvgIpc) is 3.22. The Balaban J connectivity index is 1.64. The first-order chi connectivity index (χ1) is 14.0. The molecule has 150 valence electrons. The van der Waals surface area contributed by atoms with Crippen LogP contribution in [0, 0.1) is 6.92 Å². The summed E-state index contributed by atoms with van der Waals surface area (Å²) < 4.78 is 5.29. The lowest BCUT2D eigenvalue weighted by molar-refractivity contribution is -0.119. The molecule has 3 rings (SSSR count). The highest BCUT2D eigenvalue weighted by Crippen LogP contribution is 2.29. The van der Waals surface area contributed by atoms with Crippen LogP contribution in [-0.2, 0) is 9.53 Å². The summed E-state index contributed by atoms with van der Waals surface area (Å²) in [6, 6.07) is 17.6. The van der Waals surface area contributed by atoms with Gasteiger partial charge in [0.25, 0.3) is 5.91 Å². The summed E-state index contributed by atoms with van der Waals surface area (Å²) in [5.74, 6) is -0.499. The van der Waals surface area contributed by atoms with E-state index < -0.39 is 5.97 Å². The van der Waals surface area contributed by atoms with E-state index in [2.05, 4.69) is 19.2 Å². The Hall–Kier alpha value is -2.92. The molecule has 1 heterocycles. The number of nitrogens with one attached hydrogen (secondary N) is 1. The third kappa shape index (κ3) is 5.12. The van der Waals surface area contributed by atoms with Crippen LogP contribution in [0.1, 0.15) is 47.0 Å². The largest absolute Gasteiger partial charge is 0.451 e. The molecule has 0 aliphatic heterocycles. The first-order valence-corrected chi connectivity index (χ1v) is 10.6. The Bertz CT molecular complexity index is 991. The number of aryl methyl sites for hydroxylation is 1. The molecule has 1 atom stereocenters. The predicted molar refractivity (Wildman–Crippen MR) is 119 cm³/mol. The van der Waals surface area contributed by atoms with Crippen molar-refractivity contribution in [2.45, 2.75) is 33.1 Å². The first-order valence-electron chi connectivity index (χ1n) is 9.70. The molecule has 0 fully saturated rings. The van der Waals surface area contributed by atoms with Crippen LogP contribution in [0.2, 0.25) is 0 Å². The molecule has 0 saturated heterocycles. The van der Waals surface area contributed by atoms with Gasteiger partial charge in [0.1, 0.15) is 4.88 Å². The minimum atomic E-state index is -0.485. The predicted octanol–water partition coefficient (Wildman–Crippen LogP) is 6.03. The number of rotatable bonds is 7. The lowest BCUT2D eigenvalue weighted by Gasteiger charge is -2.15. The van der Waals surface area contributed by atoms with Crippen molar-refractivity contribution in [1.29, 1.82) is 0 Å². The zero-order valence-electron chi connectivity index (χ0n) is 16.9. The molecule has 29 heavy (non-hydrogen) atoms. The van der Waals surface area contributed by atoms with Gasteiger partial charge >= 0.3 is 5.97 Å². The lowest BCUT2D eigenvalue weighted by atomic mass is 9.97. The van der Waals surface area contributed by atoms with Gasteiger partial charge in [-0.05, 0) is 47.9 Å². The van der Waals surface area contributed by atoms with E-state index >= 15 is 0 Å². The van der Waals surface area contributed by atoms with Crippen molar-refractivity contribution in [3.8, 4) is 11.1 Å². The first kappa shape index (κ1) is 20.8. The second kappa shape index (κ2) is 9.52. The number of amides is 1. The van der Waals surface area contributed by atoms with Crippen molar-refractivity contribution in [1.82, 2.24) is 0 Å². The van der Waals surface area contributed by atoms with E-state index in [1.54, 1.807) is 0 Å². The molecule has 1 N–H and O–H groups in total. The van der Waals surface area contributed by atoms with Crippen LogP contribution in [0.3, 0.4) is 0 Å². The van der Waals surface area contributed by atoms with E-state index in [-0.39, 0.29) is 12.5 Å². The molecule has 1 aromatic heterocycles. The average molecular weight is 408 g/mol. The zero-order chi connectivity index (χ0) is 20.8. The van der Waals surface area contributed by atoms with Gasteiger partial charge < -0.3 is 10.1 Å². The van der Waals surface area contributed by atoms with Crippen molar-refractivity contribution in [2.75, 3.05) is 11.9 Å². The van der Waals surface area contributed by atoms with Gasteiger partial charge in [-0.15, -0.1) is 11.3 Å². The Morgan fingerprint density at radius 1 is 1.07 bits per heavy atom. The fourth-order valence-corrected chi connectivity index (χ4v) is 3.88. The van der Waals surface area contributed by atoms with Gasteiger partial charge in [-0.2, -0.15) is 0 Å². The van der Waals surface area contributed by atoms with Gasteiger partial charge in [-0.1, -0.05) is 61.9 Å². The van der Waals surface area contributed by atoms with Crippen molar-refractivity contribution >= 4 is 28.9 Å². The number of para-hydroxylation sites is 1. The molecule has 0 spiro atoms. The standard InChI is InChI=1S/C24H25NO3S/c1-4-17(3)19-7-5-6-8-21(19)25-22(26)15-28-24(27)23-20(13-14-29-23)18-11-9-16(2)10-12-18/h5-14,17H,4,15H2,1-3H3,(H,25,26)/t17-/m0/s1. The molecule has 5 heteroatoms. The van der Waals surface area contributed by atoms with Crippen LogP contribution in [0.25, 0.3) is 11.1 Å². The van der Waals surface area contributed by atoms with Crippen LogP contribution in [0.15, 0.2) is 60.0 Å². The fraction of sp³-hybridized carbons (Fsp3) is 0.250. The highest BCUT2D eigenvalue weighted by atomic mass is 32.1. The summed E-state index contributed by atoms with van der Waals surface area (Å²) >= 11 is 1.32. The maximum absolute atomic E-state index is 12.6. The number of anilines is 1. The second-order valence-corrected chi connectivity index (χ2v) is 7.97. The van der Waals surface area contributed by atoms with Crippen LogP contribution < -0.4 is 5.32 Å². The van der Waals surface area contributed by atoms with E-state index in [0.717, 1.165) is 34.4 Å². The van der Waals surface area contributed by atoms with Gasteiger partial charge in [0.2, 0.25) is 0 Å². The zero-order valence-corrected chi connectivity index (χ0v) is 17.7. The Morgan fingerprint density at radius 2 is 1.79 bits per heavy atom. The normalized spacial score (nSPS) is 11.7. The smallest absolute Gasteiger partial charge is 0.349 e. The summed E-state index contributed by atoms with van der Waals surface area (Å²) in [4.78, 5) is 25.4. The van der Waals surface area contributed by atoms with Crippen LogP contribution in [-0.4, -0.2) is 18.5 Å². The van der Waals surface area contributed by atoms with Gasteiger partial charge in [-0.3, -0.25) is 4.79 Å². The topological polar surface area (TPSA) is 55.4 Å². The van der Waals surface area contributed by atoms with Gasteiger partial charge in [0.05, 0.1) is 0 Å². The monoisotopic (exact) mass is 407 g/mol. The number of hydrogen-bond acceptors (Lipinski definition) is 4. The van der Waals surface area contributed by atoms with E-state index in [9.17, 15) is 9.59 Å². The summed E-state index contributed by atoms with van der Waals surface area (Å²) in [6.45, 7) is 5.93. The second-order valence-electron chi connectivity index (χ2n) is 7.05. The van der Waals surface area contributed by atoms with Crippen LogP contribution in [0.5, 0.6) is 0 Å². The van der Waals surface area contributed by atoms with E-state index in [0.29, 0.717) is 10.8 Å². The maximum Gasteiger partial charge on any atom is 0.349 e. The van der Waals surface area contributed by atoms with Gasteiger partial charge in [0, 0.05) is 11.3 Å². The minimum Gasteiger partial charge on any atom is -0.451 e. The van der Waals surface area contributed by atoms with Crippen LogP contribution >= 0.6 is 11.3 Å². The quantitative estimate of drug-likeness (QED) is 0.486. The highest BCUT2D eigenvalue weighted by molar-refractivity contribution is 7.12. The summed E-state index contributed by atoms with van der Waals surface area (Å²) in [7, 11) is 0. The maximum atomic E-state index is 12.6. The Labute approximate surface area is 175 Å². The number of carbonyl (C=O) groups excluding carboxylic acids is 2. The molecule has 0 unspecified atom stereocenters. The number of benzene rings is 2. The van der Waals surface area contributed by atoms with Crippen molar-refractivity contribution in [3.63, 3.8) is 0 Å². The number of hydrogen-bond donors (Lipinski definition) is 1. The van der Waals surface area contributed by atoms with Gasteiger partial charge in [-0.25, -0.2) is 4.79 Å². The molecule has 2 aromatic carbocycles. The van der Waals surface area contributed by atoms with Crippen molar-refractivity contribution in [3.05, 3.63) is 76.0 Å². The summed E-state index contributed by atoms with van der Waals surface area (Å²) in [5.41, 5.74) is 4.77. The molecule has 0 saturated carbocycles. The van der Waals surface area contributed by atoms with E-state index in [1.165, 1.54) is 11.3 Å². The fourth-order valence-electron chi connectivity index (χ4n) is 3.07. The molecular weight excluding hydrogens is 382 g/mol. The number of esters is 1. The molecule has 0 aliphatic rings. The van der Waals surface area contributed by atoms with Crippen molar-refractivity contribution in [2.24, 2.45) is 0 Å². The Kier molecular flexibility index (Phi) is 6.83. The molecular formula is C24H25NO3S. The lowest BCUT2D eigenvalue weighted by Crippen LogP contribution is -2.21. The number of ether oxygens (including phenoxy) is 1. The third-order valence-corrected chi connectivity index (χ3v) is 5.82. The van der Waals surface area contributed by atoms with Gasteiger partial charge in [0.15, 0.2) is 6.61 Å². The van der Waals surface area contributed by atoms with E-state index in [1.807, 2.05) is 66.9 Å². The summed E-state index contributed by atoms with van der Waals surface area (Å²) in [5, 5.41) is 4.72. The summed E-state index contributed by atoms with van der Waals surface area (Å²) in [6.07, 6.45) is 0.974. The van der Waals surface area contributed by atoms with Crippen molar-refractivity contribution < 1.29 is 14.3 Å². The van der Waals surface area contributed by atoms with Crippen LogP contribution in [0.4, 0.5) is 5.69 Å². The molecule has 0 aliphatic carbocycles. The minimum absolute atomic E-state index is 0.321.